The summed E-state index contributed by atoms with van der Waals surface area (Å²) in [6, 6.07) is 12.0. The first kappa shape index (κ1) is 17.5. The first-order chi connectivity index (χ1) is 13.2. The minimum absolute atomic E-state index is 0.180. The number of piperidine rings is 1. The average Bonchev–Trinajstić information content (AvgIpc) is 3.08. The number of carbonyl (C=O) groups excluding carboxylic acids is 1. The molecule has 0 saturated carbocycles. The smallest absolute Gasteiger partial charge is 0.237 e. The third-order valence-electron chi connectivity index (χ3n) is 5.06. The molecule has 6 heteroatoms. The van der Waals surface area contributed by atoms with E-state index in [1.165, 1.54) is 5.56 Å². The molecule has 27 heavy (non-hydrogen) atoms. The second kappa shape index (κ2) is 7.80. The molecule has 0 aliphatic carbocycles. The van der Waals surface area contributed by atoms with Crippen LogP contribution in [0.5, 0.6) is 5.75 Å². The number of amides is 1. The highest BCUT2D eigenvalue weighted by Gasteiger charge is 2.21. The second-order valence-corrected chi connectivity index (χ2v) is 7.05. The van der Waals surface area contributed by atoms with Gasteiger partial charge < -0.3 is 15.0 Å². The number of benzene rings is 1. The zero-order valence-corrected chi connectivity index (χ0v) is 15.3. The van der Waals surface area contributed by atoms with E-state index in [2.05, 4.69) is 16.0 Å². The highest BCUT2D eigenvalue weighted by atomic mass is 16.5. The van der Waals surface area contributed by atoms with Crippen molar-refractivity contribution in [3.05, 3.63) is 60.6 Å². The fourth-order valence-electron chi connectivity index (χ4n) is 3.72. The summed E-state index contributed by atoms with van der Waals surface area (Å²) >= 11 is 0. The summed E-state index contributed by atoms with van der Waals surface area (Å²) in [4.78, 5) is 17.9. The fraction of sp³-hybridized carbons (Fsp3) is 0.333. The van der Waals surface area contributed by atoms with Gasteiger partial charge in [0.2, 0.25) is 5.91 Å². The van der Waals surface area contributed by atoms with E-state index in [9.17, 15) is 4.79 Å². The molecular weight excluding hydrogens is 340 g/mol. The van der Waals surface area contributed by atoms with Gasteiger partial charge >= 0.3 is 0 Å². The molecule has 0 radical (unpaired) electrons. The molecule has 3 heterocycles. The number of rotatable bonds is 6. The number of fused-ring (bicyclic) bond motifs is 1. The predicted octanol–water partition coefficient (Wildman–Crippen LogP) is 2.56. The first-order valence-electron chi connectivity index (χ1n) is 9.33. The Kier molecular flexibility index (Phi) is 5.07. The number of aromatic nitrogens is 2. The lowest BCUT2D eigenvalue weighted by Crippen LogP contribution is -2.37. The lowest BCUT2D eigenvalue weighted by molar-refractivity contribution is -0.118. The van der Waals surface area contributed by atoms with Crippen LogP contribution in [0.3, 0.4) is 0 Å². The maximum absolute atomic E-state index is 11.2. The SMILES string of the molecule is NC(=O)Cn1ccc2c(OC3CCN(Cc4cccnc4)CC3)cccc21. The normalized spacial score (nSPS) is 15.9. The van der Waals surface area contributed by atoms with Crippen molar-refractivity contribution in [2.24, 2.45) is 5.73 Å². The van der Waals surface area contributed by atoms with Crippen LogP contribution in [0.2, 0.25) is 0 Å². The number of carbonyl (C=O) groups is 1. The van der Waals surface area contributed by atoms with Crippen molar-refractivity contribution in [3.8, 4) is 5.75 Å². The Balaban J connectivity index is 1.39. The van der Waals surface area contributed by atoms with E-state index in [1.807, 2.05) is 47.3 Å². The lowest BCUT2D eigenvalue weighted by atomic mass is 10.1. The molecule has 0 spiro atoms. The average molecular weight is 364 g/mol. The first-order valence-corrected chi connectivity index (χ1v) is 9.33. The Morgan fingerprint density at radius 1 is 1.19 bits per heavy atom. The summed E-state index contributed by atoms with van der Waals surface area (Å²) < 4.78 is 8.18. The number of ether oxygens (including phenoxy) is 1. The molecule has 140 valence electrons. The molecule has 6 nitrogen and oxygen atoms in total. The third-order valence-corrected chi connectivity index (χ3v) is 5.06. The molecule has 1 amide bonds. The largest absolute Gasteiger partial charge is 0.490 e. The summed E-state index contributed by atoms with van der Waals surface area (Å²) in [5, 5.41) is 1.02. The molecule has 3 aromatic rings. The number of primary amides is 1. The maximum atomic E-state index is 11.2. The topological polar surface area (TPSA) is 73.4 Å². The van der Waals surface area contributed by atoms with E-state index in [0.29, 0.717) is 0 Å². The highest BCUT2D eigenvalue weighted by molar-refractivity contribution is 5.87. The molecule has 0 atom stereocenters. The molecule has 4 rings (SSSR count). The summed E-state index contributed by atoms with van der Waals surface area (Å²) in [5.74, 6) is 0.529. The van der Waals surface area contributed by atoms with Crippen LogP contribution in [0.25, 0.3) is 10.9 Å². The van der Waals surface area contributed by atoms with Crippen molar-refractivity contribution < 1.29 is 9.53 Å². The molecule has 0 bridgehead atoms. The third kappa shape index (κ3) is 4.11. The maximum Gasteiger partial charge on any atom is 0.237 e. The monoisotopic (exact) mass is 364 g/mol. The molecule has 2 N–H and O–H groups in total. The van der Waals surface area contributed by atoms with Crippen LogP contribution in [0.15, 0.2) is 55.0 Å². The predicted molar refractivity (Wildman–Crippen MR) is 104 cm³/mol. The van der Waals surface area contributed by atoms with Gasteiger partial charge in [-0.2, -0.15) is 0 Å². The molecule has 2 aromatic heterocycles. The van der Waals surface area contributed by atoms with Crippen LogP contribution in [0.1, 0.15) is 18.4 Å². The van der Waals surface area contributed by atoms with Crippen LogP contribution >= 0.6 is 0 Å². The number of hydrogen-bond donors (Lipinski definition) is 1. The summed E-state index contributed by atoms with van der Waals surface area (Å²) in [5.41, 5.74) is 7.55. The van der Waals surface area contributed by atoms with E-state index in [1.54, 1.807) is 6.20 Å². The Labute approximate surface area is 158 Å². The van der Waals surface area contributed by atoms with E-state index in [-0.39, 0.29) is 18.6 Å². The second-order valence-electron chi connectivity index (χ2n) is 7.05. The molecule has 1 aliphatic rings. The minimum atomic E-state index is -0.347. The molecule has 1 aromatic carbocycles. The Morgan fingerprint density at radius 3 is 2.78 bits per heavy atom. The van der Waals surface area contributed by atoms with Crippen molar-refractivity contribution in [3.63, 3.8) is 0 Å². The number of likely N-dealkylation sites (tertiary alicyclic amines) is 1. The zero-order valence-electron chi connectivity index (χ0n) is 15.3. The van der Waals surface area contributed by atoms with Gasteiger partial charge in [-0.15, -0.1) is 0 Å². The standard InChI is InChI=1S/C21H24N4O2/c22-21(26)15-25-12-8-18-19(25)4-1-5-20(18)27-17-6-10-24(11-7-17)14-16-3-2-9-23-13-16/h1-5,8-9,12-13,17H,6-7,10-11,14-15H2,(H2,22,26). The van der Waals surface area contributed by atoms with Crippen LogP contribution in [0.4, 0.5) is 0 Å². The Bertz CT molecular complexity index is 914. The summed E-state index contributed by atoms with van der Waals surface area (Å²) in [7, 11) is 0. The summed E-state index contributed by atoms with van der Waals surface area (Å²) in [6.45, 7) is 3.14. The van der Waals surface area contributed by atoms with Gasteiger partial charge in [0.15, 0.2) is 0 Å². The van der Waals surface area contributed by atoms with Crippen molar-refractivity contribution in [1.29, 1.82) is 0 Å². The molecule has 1 fully saturated rings. The minimum Gasteiger partial charge on any atom is -0.490 e. The summed E-state index contributed by atoms with van der Waals surface area (Å²) in [6.07, 6.45) is 7.83. The van der Waals surface area contributed by atoms with E-state index < -0.39 is 0 Å². The lowest BCUT2D eigenvalue weighted by Gasteiger charge is -2.32. The number of nitrogens with two attached hydrogens (primary N) is 1. The Hall–Kier alpha value is -2.86. The van der Waals surface area contributed by atoms with Gasteiger partial charge in [-0.3, -0.25) is 14.7 Å². The molecular formula is C21H24N4O2. The molecule has 1 saturated heterocycles. The van der Waals surface area contributed by atoms with Gasteiger partial charge in [-0.1, -0.05) is 12.1 Å². The van der Waals surface area contributed by atoms with Gasteiger partial charge in [-0.05, 0) is 42.7 Å². The zero-order chi connectivity index (χ0) is 18.6. The van der Waals surface area contributed by atoms with Gasteiger partial charge in [0, 0.05) is 43.6 Å². The number of nitrogens with zero attached hydrogens (tertiary/aromatic N) is 3. The van der Waals surface area contributed by atoms with E-state index in [0.717, 1.165) is 49.1 Å². The molecule has 0 unspecified atom stereocenters. The quantitative estimate of drug-likeness (QED) is 0.730. The van der Waals surface area contributed by atoms with Gasteiger partial charge in [0.1, 0.15) is 18.4 Å². The van der Waals surface area contributed by atoms with Crippen molar-refractivity contribution >= 4 is 16.8 Å². The van der Waals surface area contributed by atoms with Crippen LogP contribution in [0, 0.1) is 0 Å². The van der Waals surface area contributed by atoms with Crippen LogP contribution in [-0.4, -0.2) is 39.6 Å². The van der Waals surface area contributed by atoms with Gasteiger partial charge in [0.05, 0.1) is 5.52 Å². The van der Waals surface area contributed by atoms with Crippen molar-refractivity contribution in [2.75, 3.05) is 13.1 Å². The highest BCUT2D eigenvalue weighted by Crippen LogP contribution is 2.29. The van der Waals surface area contributed by atoms with Crippen LogP contribution < -0.4 is 10.5 Å². The van der Waals surface area contributed by atoms with Crippen molar-refractivity contribution in [1.82, 2.24) is 14.5 Å². The Morgan fingerprint density at radius 2 is 2.04 bits per heavy atom. The van der Waals surface area contributed by atoms with E-state index >= 15 is 0 Å². The van der Waals surface area contributed by atoms with Crippen LogP contribution in [-0.2, 0) is 17.9 Å². The fourth-order valence-corrected chi connectivity index (χ4v) is 3.72. The number of pyridine rings is 1. The van der Waals surface area contributed by atoms with Gasteiger partial charge in [0.25, 0.3) is 0 Å². The van der Waals surface area contributed by atoms with E-state index in [4.69, 9.17) is 10.5 Å². The van der Waals surface area contributed by atoms with Gasteiger partial charge in [-0.25, -0.2) is 0 Å². The van der Waals surface area contributed by atoms with Crippen molar-refractivity contribution in [2.45, 2.75) is 32.0 Å². The number of hydrogen-bond acceptors (Lipinski definition) is 4. The molecule has 1 aliphatic heterocycles.